The van der Waals surface area contributed by atoms with Gasteiger partial charge in [0, 0.05) is 12.1 Å². The second-order valence-electron chi connectivity index (χ2n) is 10.7. The van der Waals surface area contributed by atoms with E-state index >= 15 is 0 Å². The van der Waals surface area contributed by atoms with Crippen molar-refractivity contribution in [1.82, 2.24) is 9.80 Å². The maximum absolute atomic E-state index is 2.76. The van der Waals surface area contributed by atoms with Gasteiger partial charge in [-0.15, -0.1) is 0 Å². The average Bonchev–Trinajstić information content (AvgIpc) is 2.42. The van der Waals surface area contributed by atoms with Gasteiger partial charge in [0.1, 0.15) is 0 Å². The van der Waals surface area contributed by atoms with Crippen molar-refractivity contribution in [1.29, 1.82) is 0 Å². The van der Waals surface area contributed by atoms with Crippen LogP contribution in [0.15, 0.2) is 0 Å². The van der Waals surface area contributed by atoms with Gasteiger partial charge in [-0.05, 0) is 83.0 Å². The summed E-state index contributed by atoms with van der Waals surface area (Å²) in [6.07, 6.45) is 8.12. The summed E-state index contributed by atoms with van der Waals surface area (Å²) in [7, 11) is 0. The van der Waals surface area contributed by atoms with Crippen LogP contribution in [-0.4, -0.2) is 48.1 Å². The molecule has 0 aliphatic carbocycles. The van der Waals surface area contributed by atoms with Crippen LogP contribution in [0.3, 0.4) is 0 Å². The highest BCUT2D eigenvalue weighted by Crippen LogP contribution is 2.24. The highest BCUT2D eigenvalue weighted by Gasteiger charge is 2.24. The Labute approximate surface area is 153 Å². The molecule has 1 aliphatic heterocycles. The van der Waals surface area contributed by atoms with Crippen LogP contribution in [-0.2, 0) is 0 Å². The lowest BCUT2D eigenvalue weighted by molar-refractivity contribution is 0.0948. The first-order valence-corrected chi connectivity index (χ1v) is 10.5. The third-order valence-electron chi connectivity index (χ3n) is 5.62. The number of hydrogen-bond acceptors (Lipinski definition) is 2. The normalized spacial score (nSPS) is 23.9. The second-order valence-corrected chi connectivity index (χ2v) is 10.7. The first-order chi connectivity index (χ1) is 11.0. The lowest BCUT2D eigenvalue weighted by atomic mass is 9.90. The first-order valence-electron chi connectivity index (χ1n) is 10.5. The van der Waals surface area contributed by atoms with Crippen LogP contribution in [0.1, 0.15) is 93.9 Å². The molecule has 144 valence electrons. The Balaban J connectivity index is 2.44. The molecule has 0 N–H and O–H groups in total. The summed E-state index contributed by atoms with van der Waals surface area (Å²) in [5.74, 6) is 0. The average molecular weight is 339 g/mol. The van der Waals surface area contributed by atoms with E-state index in [9.17, 15) is 0 Å². The van der Waals surface area contributed by atoms with E-state index in [0.29, 0.717) is 10.8 Å². The zero-order valence-electron chi connectivity index (χ0n) is 18.1. The fourth-order valence-electron chi connectivity index (χ4n) is 3.71. The Bertz CT molecular complexity index is 309. The lowest BCUT2D eigenvalue weighted by Gasteiger charge is -2.39. The molecule has 0 spiro atoms. The number of hydrogen-bond donors (Lipinski definition) is 0. The van der Waals surface area contributed by atoms with Crippen molar-refractivity contribution in [2.24, 2.45) is 10.8 Å². The van der Waals surface area contributed by atoms with Gasteiger partial charge < -0.3 is 4.90 Å². The standard InChI is InChI=1S/C22H46N2/c1-19-11-9-12-20(2)24(19)16-10-15-23(17-13-21(3,4)5)18-14-22(6,7)8/h19-20H,9-18H2,1-8H3. The Kier molecular flexibility index (Phi) is 8.76. The molecule has 0 saturated carbocycles. The van der Waals surface area contributed by atoms with Gasteiger partial charge in [-0.2, -0.15) is 0 Å². The number of rotatable bonds is 8. The van der Waals surface area contributed by atoms with Crippen LogP contribution in [0, 0.1) is 10.8 Å². The van der Waals surface area contributed by atoms with Crippen LogP contribution in [0.2, 0.25) is 0 Å². The fraction of sp³-hybridized carbons (Fsp3) is 1.00. The van der Waals surface area contributed by atoms with Gasteiger partial charge in [-0.25, -0.2) is 0 Å². The zero-order valence-corrected chi connectivity index (χ0v) is 18.1. The minimum atomic E-state index is 0.440. The molecule has 1 rings (SSSR count). The molecule has 0 aromatic carbocycles. The molecular formula is C22H46N2. The van der Waals surface area contributed by atoms with Crippen LogP contribution in [0.5, 0.6) is 0 Å². The van der Waals surface area contributed by atoms with E-state index in [0.717, 1.165) is 12.1 Å². The lowest BCUT2D eigenvalue weighted by Crippen LogP contribution is -2.45. The maximum Gasteiger partial charge on any atom is 0.00697 e. The summed E-state index contributed by atoms with van der Waals surface area (Å²) in [5, 5.41) is 0. The molecule has 1 heterocycles. The van der Waals surface area contributed by atoms with Crippen molar-refractivity contribution in [3.63, 3.8) is 0 Å². The number of piperidine rings is 1. The van der Waals surface area contributed by atoms with Gasteiger partial charge in [-0.3, -0.25) is 4.90 Å². The van der Waals surface area contributed by atoms with Gasteiger partial charge in [0.25, 0.3) is 0 Å². The molecule has 1 aliphatic rings. The van der Waals surface area contributed by atoms with Crippen LogP contribution < -0.4 is 0 Å². The van der Waals surface area contributed by atoms with Crippen molar-refractivity contribution >= 4 is 0 Å². The Morgan fingerprint density at radius 3 is 1.67 bits per heavy atom. The summed E-state index contributed by atoms with van der Waals surface area (Å²) in [5.41, 5.74) is 0.881. The van der Waals surface area contributed by atoms with E-state index in [1.807, 2.05) is 0 Å². The molecule has 2 unspecified atom stereocenters. The monoisotopic (exact) mass is 338 g/mol. The van der Waals surface area contributed by atoms with E-state index in [1.54, 1.807) is 0 Å². The van der Waals surface area contributed by atoms with Crippen LogP contribution in [0.4, 0.5) is 0 Å². The summed E-state index contributed by atoms with van der Waals surface area (Å²) in [6, 6.07) is 1.57. The highest BCUT2D eigenvalue weighted by atomic mass is 15.2. The molecule has 1 fully saturated rings. The van der Waals surface area contributed by atoms with Crippen molar-refractivity contribution in [2.45, 2.75) is 106 Å². The van der Waals surface area contributed by atoms with Gasteiger partial charge in [0.15, 0.2) is 0 Å². The second kappa shape index (κ2) is 9.57. The molecule has 1 saturated heterocycles. The maximum atomic E-state index is 2.76. The third kappa shape index (κ3) is 9.42. The van der Waals surface area contributed by atoms with E-state index in [2.05, 4.69) is 65.2 Å². The molecular weight excluding hydrogens is 292 g/mol. The smallest absolute Gasteiger partial charge is 0.00697 e. The molecule has 2 nitrogen and oxygen atoms in total. The zero-order chi connectivity index (χ0) is 18.4. The molecule has 0 radical (unpaired) electrons. The van der Waals surface area contributed by atoms with E-state index < -0.39 is 0 Å². The minimum Gasteiger partial charge on any atom is -0.303 e. The van der Waals surface area contributed by atoms with Gasteiger partial charge in [0.05, 0.1) is 0 Å². The number of nitrogens with zero attached hydrogens (tertiary/aromatic N) is 2. The van der Waals surface area contributed by atoms with E-state index in [1.165, 1.54) is 64.7 Å². The van der Waals surface area contributed by atoms with Gasteiger partial charge in [-0.1, -0.05) is 48.0 Å². The summed E-state index contributed by atoms with van der Waals surface area (Å²) in [4.78, 5) is 5.49. The molecule has 0 bridgehead atoms. The van der Waals surface area contributed by atoms with Crippen molar-refractivity contribution < 1.29 is 0 Å². The molecule has 2 atom stereocenters. The van der Waals surface area contributed by atoms with E-state index in [4.69, 9.17) is 0 Å². The Morgan fingerprint density at radius 2 is 1.25 bits per heavy atom. The summed E-state index contributed by atoms with van der Waals surface area (Å²) in [6.45, 7) is 24.1. The number of likely N-dealkylation sites (tertiary alicyclic amines) is 1. The fourth-order valence-corrected chi connectivity index (χ4v) is 3.71. The quantitative estimate of drug-likeness (QED) is 0.550. The van der Waals surface area contributed by atoms with E-state index in [-0.39, 0.29) is 0 Å². The summed E-state index contributed by atoms with van der Waals surface area (Å²) < 4.78 is 0. The molecule has 2 heteroatoms. The predicted octanol–water partition coefficient (Wildman–Crippen LogP) is 5.81. The Morgan fingerprint density at radius 1 is 0.792 bits per heavy atom. The van der Waals surface area contributed by atoms with Crippen molar-refractivity contribution in [2.75, 3.05) is 26.2 Å². The molecule has 24 heavy (non-hydrogen) atoms. The van der Waals surface area contributed by atoms with Gasteiger partial charge in [0.2, 0.25) is 0 Å². The highest BCUT2D eigenvalue weighted by molar-refractivity contribution is 4.80. The predicted molar refractivity (Wildman–Crippen MR) is 109 cm³/mol. The van der Waals surface area contributed by atoms with Crippen LogP contribution >= 0.6 is 0 Å². The molecule has 0 aromatic rings. The van der Waals surface area contributed by atoms with Crippen molar-refractivity contribution in [3.05, 3.63) is 0 Å². The first kappa shape index (κ1) is 22.0. The van der Waals surface area contributed by atoms with Crippen LogP contribution in [0.25, 0.3) is 0 Å². The largest absolute Gasteiger partial charge is 0.303 e. The SMILES string of the molecule is CC1CCCC(C)N1CCCN(CCC(C)(C)C)CCC(C)(C)C. The van der Waals surface area contributed by atoms with Gasteiger partial charge >= 0.3 is 0 Å². The minimum absolute atomic E-state index is 0.440. The molecule has 0 aromatic heterocycles. The van der Waals surface area contributed by atoms with Crippen molar-refractivity contribution in [3.8, 4) is 0 Å². The molecule has 0 amide bonds. The Hall–Kier alpha value is -0.0800. The summed E-state index contributed by atoms with van der Waals surface area (Å²) >= 11 is 0. The third-order valence-corrected chi connectivity index (χ3v) is 5.62. The topological polar surface area (TPSA) is 6.48 Å².